The van der Waals surface area contributed by atoms with Crippen molar-refractivity contribution in [2.24, 2.45) is 0 Å². The van der Waals surface area contributed by atoms with E-state index in [1.165, 1.54) is 0 Å². The molecule has 0 aliphatic carbocycles. The largest absolute Gasteiger partial charge is 0.497 e. The van der Waals surface area contributed by atoms with Gasteiger partial charge in [-0.05, 0) is 60.0 Å². The highest BCUT2D eigenvalue weighted by atomic mass is 32.2. The van der Waals surface area contributed by atoms with E-state index < -0.39 is 37.9 Å². The standard InChI is InChI=1S/C27H29F2NO5S/c1-26(19-5-9-23(34-2)10-6-19,20-7-11-24(35-3)12-8-20)30-16-27(31,17-30)25(36(4,32)33)18-13-21(28)15-22(29)14-18/h5-15,25,31H,16-17H2,1-4H3. The summed E-state index contributed by atoms with van der Waals surface area (Å²) in [4.78, 5) is 1.95. The molecular formula is C27H29F2NO5S. The number of aliphatic hydroxyl groups is 1. The van der Waals surface area contributed by atoms with Crippen LogP contribution in [0.15, 0.2) is 66.7 Å². The zero-order valence-corrected chi connectivity index (χ0v) is 21.4. The van der Waals surface area contributed by atoms with Gasteiger partial charge in [-0.25, -0.2) is 17.2 Å². The fourth-order valence-electron chi connectivity index (χ4n) is 5.14. The quantitative estimate of drug-likeness (QED) is 0.486. The Morgan fingerprint density at radius 3 is 1.67 bits per heavy atom. The van der Waals surface area contributed by atoms with Crippen LogP contribution in [0.3, 0.4) is 0 Å². The molecule has 0 saturated carbocycles. The summed E-state index contributed by atoms with van der Waals surface area (Å²) >= 11 is 0. The Morgan fingerprint density at radius 1 is 0.889 bits per heavy atom. The number of likely N-dealkylation sites (tertiary alicyclic amines) is 1. The predicted molar refractivity (Wildman–Crippen MR) is 133 cm³/mol. The second kappa shape index (κ2) is 9.46. The molecule has 36 heavy (non-hydrogen) atoms. The molecule has 3 aromatic rings. The lowest BCUT2D eigenvalue weighted by molar-refractivity contribution is -0.134. The van der Waals surface area contributed by atoms with E-state index in [1.54, 1.807) is 14.2 Å². The first kappa shape index (κ1) is 26.1. The van der Waals surface area contributed by atoms with Gasteiger partial charge in [-0.1, -0.05) is 24.3 Å². The van der Waals surface area contributed by atoms with Crippen molar-refractivity contribution in [3.05, 3.63) is 95.1 Å². The van der Waals surface area contributed by atoms with Gasteiger partial charge in [0.1, 0.15) is 34.0 Å². The molecule has 1 fully saturated rings. The number of sulfone groups is 1. The van der Waals surface area contributed by atoms with Crippen LogP contribution in [0.5, 0.6) is 11.5 Å². The zero-order valence-electron chi connectivity index (χ0n) is 20.5. The summed E-state index contributed by atoms with van der Waals surface area (Å²) in [6.07, 6.45) is 0.966. The third-order valence-corrected chi connectivity index (χ3v) is 8.54. The molecule has 1 saturated heterocycles. The highest BCUT2D eigenvalue weighted by Gasteiger charge is 2.57. The molecule has 1 heterocycles. The smallest absolute Gasteiger partial charge is 0.157 e. The van der Waals surface area contributed by atoms with Gasteiger partial charge in [0.25, 0.3) is 0 Å². The molecule has 6 nitrogen and oxygen atoms in total. The summed E-state index contributed by atoms with van der Waals surface area (Å²) in [6.45, 7) is 1.89. The molecule has 1 aliphatic rings. The number of hydrogen-bond acceptors (Lipinski definition) is 6. The van der Waals surface area contributed by atoms with Crippen LogP contribution >= 0.6 is 0 Å². The van der Waals surface area contributed by atoms with E-state index in [-0.39, 0.29) is 18.7 Å². The second-order valence-corrected chi connectivity index (χ2v) is 11.5. The molecule has 1 N–H and O–H groups in total. The van der Waals surface area contributed by atoms with Crippen molar-refractivity contribution in [1.29, 1.82) is 0 Å². The van der Waals surface area contributed by atoms with Crippen molar-refractivity contribution in [3.8, 4) is 11.5 Å². The molecule has 9 heteroatoms. The van der Waals surface area contributed by atoms with Gasteiger partial charge in [0, 0.05) is 25.4 Å². The molecule has 0 bridgehead atoms. The Kier molecular flexibility index (Phi) is 6.85. The third-order valence-electron chi connectivity index (χ3n) is 6.97. The Hall–Kier alpha value is -3.01. The number of hydrogen-bond donors (Lipinski definition) is 1. The maximum Gasteiger partial charge on any atom is 0.157 e. The van der Waals surface area contributed by atoms with Crippen molar-refractivity contribution in [2.45, 2.75) is 23.3 Å². The van der Waals surface area contributed by atoms with E-state index in [0.29, 0.717) is 17.6 Å². The first-order chi connectivity index (χ1) is 16.9. The van der Waals surface area contributed by atoms with Gasteiger partial charge in [0.15, 0.2) is 9.84 Å². The molecule has 0 amide bonds. The SMILES string of the molecule is COc1ccc(C(C)(c2ccc(OC)cc2)N2CC(O)(C(c3cc(F)cc(F)c3)S(C)(=O)=O)C2)cc1. The Morgan fingerprint density at radius 2 is 1.31 bits per heavy atom. The summed E-state index contributed by atoms with van der Waals surface area (Å²) in [7, 11) is -0.775. The topological polar surface area (TPSA) is 76.1 Å². The van der Waals surface area contributed by atoms with Gasteiger partial charge in [-0.15, -0.1) is 0 Å². The van der Waals surface area contributed by atoms with Crippen molar-refractivity contribution in [2.75, 3.05) is 33.6 Å². The van der Waals surface area contributed by atoms with Gasteiger partial charge in [0.2, 0.25) is 0 Å². The van der Waals surface area contributed by atoms with E-state index in [9.17, 15) is 22.3 Å². The van der Waals surface area contributed by atoms with Gasteiger partial charge >= 0.3 is 0 Å². The number of methoxy groups -OCH3 is 2. The second-order valence-electron chi connectivity index (χ2n) is 9.40. The molecule has 0 spiro atoms. The number of rotatable bonds is 8. The van der Waals surface area contributed by atoms with E-state index in [1.807, 2.05) is 60.4 Å². The molecule has 192 valence electrons. The average Bonchev–Trinajstić information content (AvgIpc) is 2.80. The average molecular weight is 518 g/mol. The maximum absolute atomic E-state index is 14.0. The van der Waals surface area contributed by atoms with Crippen LogP contribution in [0.4, 0.5) is 8.78 Å². The summed E-state index contributed by atoms with van der Waals surface area (Å²) in [5, 5.41) is 10.0. The van der Waals surface area contributed by atoms with Gasteiger partial charge < -0.3 is 14.6 Å². The summed E-state index contributed by atoms with van der Waals surface area (Å²) < 4.78 is 64.1. The first-order valence-electron chi connectivity index (χ1n) is 11.3. The summed E-state index contributed by atoms with van der Waals surface area (Å²) in [5.74, 6) is -0.443. The Bertz CT molecular complexity index is 1270. The van der Waals surface area contributed by atoms with Crippen LogP contribution < -0.4 is 9.47 Å². The zero-order chi connectivity index (χ0) is 26.3. The minimum absolute atomic E-state index is 0.0442. The van der Waals surface area contributed by atoms with Gasteiger partial charge in [0.05, 0.1) is 19.8 Å². The van der Waals surface area contributed by atoms with Crippen LogP contribution in [0.1, 0.15) is 28.9 Å². The van der Waals surface area contributed by atoms with Crippen molar-refractivity contribution in [3.63, 3.8) is 0 Å². The van der Waals surface area contributed by atoms with Crippen LogP contribution in [-0.2, 0) is 15.4 Å². The Labute approximate surface area is 210 Å². The van der Waals surface area contributed by atoms with Crippen LogP contribution in [0, 0.1) is 11.6 Å². The molecular weight excluding hydrogens is 488 g/mol. The molecule has 4 rings (SSSR count). The fraction of sp³-hybridized carbons (Fsp3) is 0.333. The Balaban J connectivity index is 1.75. The van der Waals surface area contributed by atoms with E-state index in [4.69, 9.17) is 9.47 Å². The fourth-order valence-corrected chi connectivity index (χ4v) is 6.72. The molecule has 1 atom stereocenters. The third kappa shape index (κ3) is 4.70. The minimum Gasteiger partial charge on any atom is -0.497 e. The van der Waals surface area contributed by atoms with E-state index in [2.05, 4.69) is 0 Å². The lowest BCUT2D eigenvalue weighted by atomic mass is 9.76. The molecule has 0 aromatic heterocycles. The lowest BCUT2D eigenvalue weighted by Gasteiger charge is -2.57. The molecule has 0 radical (unpaired) electrons. The normalized spacial score (nSPS) is 16.8. The number of ether oxygens (including phenoxy) is 2. The summed E-state index contributed by atoms with van der Waals surface area (Å²) in [6, 6.07) is 17.6. The van der Waals surface area contributed by atoms with Gasteiger partial charge in [-0.3, -0.25) is 4.90 Å². The first-order valence-corrected chi connectivity index (χ1v) is 13.3. The number of benzene rings is 3. The number of nitrogens with zero attached hydrogens (tertiary/aromatic N) is 1. The molecule has 3 aromatic carbocycles. The molecule has 1 unspecified atom stereocenters. The van der Waals surface area contributed by atoms with Crippen LogP contribution in [0.25, 0.3) is 0 Å². The highest BCUT2D eigenvalue weighted by Crippen LogP contribution is 2.47. The van der Waals surface area contributed by atoms with Crippen molar-refractivity contribution >= 4 is 9.84 Å². The monoisotopic (exact) mass is 517 g/mol. The van der Waals surface area contributed by atoms with Crippen LogP contribution in [-0.4, -0.2) is 57.6 Å². The maximum atomic E-state index is 14.0. The number of halogens is 2. The lowest BCUT2D eigenvalue weighted by Crippen LogP contribution is -2.70. The predicted octanol–water partition coefficient (Wildman–Crippen LogP) is 4.08. The molecule has 1 aliphatic heterocycles. The van der Waals surface area contributed by atoms with Gasteiger partial charge in [-0.2, -0.15) is 0 Å². The highest BCUT2D eigenvalue weighted by molar-refractivity contribution is 7.91. The van der Waals surface area contributed by atoms with E-state index in [0.717, 1.165) is 29.5 Å². The van der Waals surface area contributed by atoms with Crippen molar-refractivity contribution < 1.29 is 31.8 Å². The number of β-amino-alcohol motifs (C(OH)–C–C–N with tert-alkyl or cyclic N) is 1. The minimum atomic E-state index is -3.93. The van der Waals surface area contributed by atoms with E-state index >= 15 is 0 Å². The van der Waals surface area contributed by atoms with Crippen molar-refractivity contribution in [1.82, 2.24) is 4.90 Å². The summed E-state index contributed by atoms with van der Waals surface area (Å²) in [5.41, 5.74) is -0.854. The van der Waals surface area contributed by atoms with Crippen LogP contribution in [0.2, 0.25) is 0 Å².